The molecule has 2 aromatic rings. The first-order valence-corrected chi connectivity index (χ1v) is 16.8. The Bertz CT molecular complexity index is 996. The molecule has 0 spiro atoms. The van der Waals surface area contributed by atoms with Crippen LogP contribution < -0.4 is 0 Å². The van der Waals surface area contributed by atoms with Crippen LogP contribution in [0.2, 0.25) is 0 Å². The molecule has 5 heterocycles. The Morgan fingerprint density at radius 3 is 1.57 bits per heavy atom. The molecule has 2 atom stereocenters. The topological polar surface area (TPSA) is 192 Å². The predicted octanol–water partition coefficient (Wildman–Crippen LogP) is 1.97. The second-order valence-electron chi connectivity index (χ2n) is 13.0. The average molecular weight is 707 g/mol. The van der Waals surface area contributed by atoms with Gasteiger partial charge < -0.3 is 43.4 Å². The number of hydrogen-bond donors (Lipinski definition) is 2. The van der Waals surface area contributed by atoms with Gasteiger partial charge in [-0.15, -0.1) is 20.4 Å². The van der Waals surface area contributed by atoms with Gasteiger partial charge in [0.15, 0.2) is 11.6 Å². The monoisotopic (exact) mass is 706 g/mol. The van der Waals surface area contributed by atoms with Crippen molar-refractivity contribution in [3.05, 3.63) is 11.6 Å². The van der Waals surface area contributed by atoms with Crippen molar-refractivity contribution in [3.8, 4) is 0 Å². The molecule has 2 N–H and O–H groups in total. The molecule has 5 rings (SSSR count). The summed E-state index contributed by atoms with van der Waals surface area (Å²) < 4.78 is 35.1. The van der Waals surface area contributed by atoms with Gasteiger partial charge in [0, 0.05) is 67.4 Å². The van der Waals surface area contributed by atoms with Gasteiger partial charge in [-0.1, -0.05) is 0 Å². The van der Waals surface area contributed by atoms with Crippen LogP contribution in [0.1, 0.15) is 71.4 Å². The van der Waals surface area contributed by atoms with Crippen molar-refractivity contribution in [1.82, 2.24) is 40.4 Å². The van der Waals surface area contributed by atoms with Gasteiger partial charge in [-0.3, -0.25) is 0 Å². The van der Waals surface area contributed by atoms with Gasteiger partial charge in [0.05, 0.1) is 56.8 Å². The molecular weight excluding hydrogens is 640 g/mol. The Morgan fingerprint density at radius 2 is 1.27 bits per heavy atom. The van der Waals surface area contributed by atoms with Crippen LogP contribution in [0.5, 0.6) is 0 Å². The van der Waals surface area contributed by atoms with Crippen LogP contribution in [-0.4, -0.2) is 155 Å². The molecule has 0 amide bonds. The number of ether oxygens (including phenoxy) is 7. The van der Waals surface area contributed by atoms with Gasteiger partial charge in [-0.25, -0.2) is 0 Å². The summed E-state index contributed by atoms with van der Waals surface area (Å²) in [5, 5.41) is 40.7. The molecule has 2 aromatic heterocycles. The van der Waals surface area contributed by atoms with E-state index in [2.05, 4.69) is 30.8 Å². The van der Waals surface area contributed by atoms with Crippen LogP contribution in [-0.2, 0) is 46.8 Å². The molecular formula is C32H66N8O9. The molecule has 3 saturated heterocycles. The fraction of sp³-hybridized carbons (Fsp3) is 0.938. The zero-order valence-corrected chi connectivity index (χ0v) is 32.0. The second kappa shape index (κ2) is 27.5. The maximum atomic E-state index is 9.35. The van der Waals surface area contributed by atoms with E-state index in [4.69, 9.17) is 38.3 Å². The molecule has 17 heteroatoms. The van der Waals surface area contributed by atoms with E-state index in [-0.39, 0.29) is 0 Å². The molecule has 0 aromatic carbocycles. The highest BCUT2D eigenvalue weighted by molar-refractivity contribution is 4.70. The van der Waals surface area contributed by atoms with Crippen molar-refractivity contribution in [2.45, 2.75) is 104 Å². The Morgan fingerprint density at radius 1 is 0.714 bits per heavy atom. The highest BCUT2D eigenvalue weighted by Crippen LogP contribution is 2.11. The van der Waals surface area contributed by atoms with E-state index < -0.39 is 11.2 Å². The van der Waals surface area contributed by atoms with Crippen LogP contribution in [0.25, 0.3) is 0 Å². The first kappa shape index (κ1) is 46.8. The molecule has 0 radical (unpaired) electrons. The molecule has 3 aliphatic rings. The van der Waals surface area contributed by atoms with Crippen molar-refractivity contribution in [1.29, 1.82) is 0 Å². The lowest BCUT2D eigenvalue weighted by molar-refractivity contribution is -0.00998. The molecule has 17 nitrogen and oxygen atoms in total. The minimum Gasteiger partial charge on any atom is -0.390 e. The largest absolute Gasteiger partial charge is 0.390 e. The van der Waals surface area contributed by atoms with Crippen LogP contribution in [0.15, 0.2) is 0 Å². The highest BCUT2D eigenvalue weighted by Gasteiger charge is 2.16. The zero-order chi connectivity index (χ0) is 37.1. The smallest absolute Gasteiger partial charge is 0.171 e. The van der Waals surface area contributed by atoms with Gasteiger partial charge in [-0.05, 0) is 84.1 Å². The molecule has 288 valence electrons. The number of tetrazole rings is 2. The molecule has 0 bridgehead atoms. The number of aryl methyl sites for hydroxylation is 3. The normalized spacial score (nSPS) is 19.0. The van der Waals surface area contributed by atoms with Crippen molar-refractivity contribution in [2.24, 2.45) is 13.0 Å². The third kappa shape index (κ3) is 29.2. The van der Waals surface area contributed by atoms with Gasteiger partial charge in [-0.2, -0.15) is 9.59 Å². The summed E-state index contributed by atoms with van der Waals surface area (Å²) in [6.07, 6.45) is 5.91. The lowest BCUT2D eigenvalue weighted by Gasteiger charge is -2.19. The summed E-state index contributed by atoms with van der Waals surface area (Å²) in [5.74, 6) is 2.00. The fourth-order valence-electron chi connectivity index (χ4n) is 4.03. The fourth-order valence-corrected chi connectivity index (χ4v) is 4.03. The number of methoxy groups -OCH3 is 4. The van der Waals surface area contributed by atoms with E-state index in [1.807, 2.05) is 0 Å². The summed E-state index contributed by atoms with van der Waals surface area (Å²) in [7, 11) is 8.58. The van der Waals surface area contributed by atoms with E-state index >= 15 is 0 Å². The standard InChI is InChI=1S/C6H12N4O.2C6H12O2.C6H14O2.C5H10O2.C3H6N4/c1-5-7-9-10(8-5)4-6(2,3)11;1-7-6-2-4-8-5-3-6;1-7-4-6-2-3-8-5-6;1-6(2,7)4-5-8-3;1-6-5-2-3-7-4-5;1-3-4-6-7(2)5-3/h11H,4H2,1-3H3;2*6H,2-5H2,1H3;7H,4-5H2,1-3H3;5H,2-4H2,1H3;1-2H3/t;;;;5-;/m....0./s1. The third-order valence-corrected chi connectivity index (χ3v) is 6.76. The Balaban J connectivity index is 0.000000568. The van der Waals surface area contributed by atoms with Crippen LogP contribution in [0.4, 0.5) is 0 Å². The Hall–Kier alpha value is -2.22. The van der Waals surface area contributed by atoms with E-state index in [1.165, 1.54) is 16.0 Å². The minimum atomic E-state index is -0.785. The van der Waals surface area contributed by atoms with Gasteiger partial charge >= 0.3 is 0 Å². The summed E-state index contributed by atoms with van der Waals surface area (Å²) in [6, 6.07) is 0. The van der Waals surface area contributed by atoms with Crippen molar-refractivity contribution in [2.75, 3.05) is 81.3 Å². The van der Waals surface area contributed by atoms with E-state index in [0.717, 1.165) is 65.5 Å². The average Bonchev–Trinajstić information content (AvgIpc) is 3.88. The van der Waals surface area contributed by atoms with E-state index in [9.17, 15) is 5.11 Å². The van der Waals surface area contributed by atoms with Crippen LogP contribution in [0.3, 0.4) is 0 Å². The molecule has 49 heavy (non-hydrogen) atoms. The SMILES string of the molecule is COC1CCOCC1.COCC1CCOC1.COCCC(C)(C)O.CO[C@H]1CCOC1.Cc1nnn(C)n1.Cc1nnn(CC(C)(C)O)n1. The summed E-state index contributed by atoms with van der Waals surface area (Å²) in [5.41, 5.74) is -1.36. The van der Waals surface area contributed by atoms with Crippen molar-refractivity contribution in [3.63, 3.8) is 0 Å². The van der Waals surface area contributed by atoms with Gasteiger partial charge in [0.2, 0.25) is 0 Å². The summed E-state index contributed by atoms with van der Waals surface area (Å²) in [4.78, 5) is 2.81. The number of nitrogens with zero attached hydrogens (tertiary/aromatic N) is 8. The van der Waals surface area contributed by atoms with Gasteiger partial charge in [0.1, 0.15) is 0 Å². The molecule has 3 fully saturated rings. The number of hydrogen-bond acceptors (Lipinski definition) is 15. The maximum absolute atomic E-state index is 9.35. The maximum Gasteiger partial charge on any atom is 0.171 e. The first-order chi connectivity index (χ1) is 23.1. The lowest BCUT2D eigenvalue weighted by atomic mass is 10.1. The molecule has 0 aliphatic carbocycles. The zero-order valence-electron chi connectivity index (χ0n) is 32.0. The Kier molecular flexibility index (Phi) is 26.3. The molecule has 1 unspecified atom stereocenters. The number of aromatic nitrogens is 8. The highest BCUT2D eigenvalue weighted by atomic mass is 16.5. The Labute approximate surface area is 293 Å². The molecule has 0 saturated carbocycles. The second-order valence-corrected chi connectivity index (χ2v) is 13.0. The lowest BCUT2D eigenvalue weighted by Crippen LogP contribution is -2.27. The minimum absolute atomic E-state index is 0.369. The van der Waals surface area contributed by atoms with Crippen LogP contribution >= 0.6 is 0 Å². The van der Waals surface area contributed by atoms with Gasteiger partial charge in [0.25, 0.3) is 0 Å². The van der Waals surface area contributed by atoms with E-state index in [1.54, 1.807) is 77.0 Å². The van der Waals surface area contributed by atoms with E-state index in [0.29, 0.717) is 49.3 Å². The van der Waals surface area contributed by atoms with Crippen molar-refractivity contribution < 1.29 is 43.4 Å². The molecule has 3 aliphatic heterocycles. The predicted molar refractivity (Wildman–Crippen MR) is 183 cm³/mol. The first-order valence-electron chi connectivity index (χ1n) is 16.8. The number of rotatable bonds is 9. The third-order valence-electron chi connectivity index (χ3n) is 6.76. The summed E-state index contributed by atoms with van der Waals surface area (Å²) >= 11 is 0. The van der Waals surface area contributed by atoms with Crippen LogP contribution in [0, 0.1) is 19.8 Å². The van der Waals surface area contributed by atoms with Crippen molar-refractivity contribution >= 4 is 0 Å². The summed E-state index contributed by atoms with van der Waals surface area (Å²) in [6.45, 7) is 17.6. The number of aliphatic hydroxyl groups is 2. The quantitative estimate of drug-likeness (QED) is 0.384.